The van der Waals surface area contributed by atoms with Gasteiger partial charge in [-0.25, -0.2) is 9.97 Å². The van der Waals surface area contributed by atoms with Gasteiger partial charge < -0.3 is 0 Å². The van der Waals surface area contributed by atoms with Gasteiger partial charge >= 0.3 is 0 Å². The molecule has 0 N–H and O–H groups in total. The van der Waals surface area contributed by atoms with E-state index in [4.69, 9.17) is 11.6 Å². The summed E-state index contributed by atoms with van der Waals surface area (Å²) in [6, 6.07) is 10.0. The predicted octanol–water partition coefficient (Wildman–Crippen LogP) is 4.44. The second-order valence-corrected chi connectivity index (χ2v) is 5.45. The van der Waals surface area contributed by atoms with Crippen molar-refractivity contribution in [2.75, 3.05) is 0 Å². The van der Waals surface area contributed by atoms with E-state index in [1.807, 2.05) is 18.2 Å². The SMILES string of the molecule is CCCc1cc(Cl)nc(Cc2ccc(Br)cc2)n1. The number of nitrogens with zero attached hydrogens (tertiary/aromatic N) is 2. The topological polar surface area (TPSA) is 25.8 Å². The molecule has 2 rings (SSSR count). The van der Waals surface area contributed by atoms with E-state index in [9.17, 15) is 0 Å². The molecule has 0 amide bonds. The first-order valence-corrected chi connectivity index (χ1v) is 7.11. The van der Waals surface area contributed by atoms with E-state index < -0.39 is 0 Å². The molecule has 1 aromatic heterocycles. The van der Waals surface area contributed by atoms with Gasteiger partial charge in [0, 0.05) is 16.6 Å². The second kappa shape index (κ2) is 6.30. The lowest BCUT2D eigenvalue weighted by Crippen LogP contribution is -2.01. The van der Waals surface area contributed by atoms with Crippen molar-refractivity contribution >= 4 is 27.5 Å². The van der Waals surface area contributed by atoms with E-state index in [0.29, 0.717) is 11.6 Å². The van der Waals surface area contributed by atoms with Gasteiger partial charge in [0.25, 0.3) is 0 Å². The van der Waals surface area contributed by atoms with Crippen molar-refractivity contribution in [1.82, 2.24) is 9.97 Å². The highest BCUT2D eigenvalue weighted by molar-refractivity contribution is 9.10. The lowest BCUT2D eigenvalue weighted by atomic mass is 10.1. The third-order valence-electron chi connectivity index (χ3n) is 2.58. The van der Waals surface area contributed by atoms with Crippen molar-refractivity contribution in [3.05, 3.63) is 57.0 Å². The molecule has 0 aliphatic heterocycles. The zero-order valence-corrected chi connectivity index (χ0v) is 12.5. The van der Waals surface area contributed by atoms with Crippen LogP contribution in [0.2, 0.25) is 5.15 Å². The Morgan fingerprint density at radius 2 is 1.89 bits per heavy atom. The summed E-state index contributed by atoms with van der Waals surface area (Å²) in [5, 5.41) is 0.528. The molecule has 0 radical (unpaired) electrons. The van der Waals surface area contributed by atoms with Crippen LogP contribution < -0.4 is 0 Å². The first kappa shape index (κ1) is 13.5. The molecule has 0 saturated heterocycles. The summed E-state index contributed by atoms with van der Waals surface area (Å²) in [5.41, 5.74) is 2.20. The third kappa shape index (κ3) is 3.79. The van der Waals surface area contributed by atoms with E-state index in [1.165, 1.54) is 5.56 Å². The minimum atomic E-state index is 0.528. The molecule has 0 aliphatic carbocycles. The summed E-state index contributed by atoms with van der Waals surface area (Å²) >= 11 is 9.44. The molecule has 2 aromatic rings. The van der Waals surface area contributed by atoms with Crippen molar-refractivity contribution in [2.45, 2.75) is 26.2 Å². The number of aromatic nitrogens is 2. The fourth-order valence-corrected chi connectivity index (χ4v) is 2.25. The number of rotatable bonds is 4. The number of hydrogen-bond acceptors (Lipinski definition) is 2. The molecule has 2 nitrogen and oxygen atoms in total. The summed E-state index contributed by atoms with van der Waals surface area (Å²) < 4.78 is 1.07. The van der Waals surface area contributed by atoms with Crippen LogP contribution in [0.3, 0.4) is 0 Å². The Hall–Kier alpha value is -0.930. The molecule has 0 fully saturated rings. The van der Waals surface area contributed by atoms with Gasteiger partial charge in [0.2, 0.25) is 0 Å². The maximum Gasteiger partial charge on any atom is 0.134 e. The second-order valence-electron chi connectivity index (χ2n) is 4.15. The fourth-order valence-electron chi connectivity index (χ4n) is 1.76. The Morgan fingerprint density at radius 1 is 1.17 bits per heavy atom. The molecule has 0 bridgehead atoms. The summed E-state index contributed by atoms with van der Waals surface area (Å²) in [4.78, 5) is 8.81. The van der Waals surface area contributed by atoms with Crippen molar-refractivity contribution in [3.8, 4) is 0 Å². The number of benzene rings is 1. The molecule has 0 unspecified atom stereocenters. The maximum absolute atomic E-state index is 6.02. The molecule has 4 heteroatoms. The Labute approximate surface area is 121 Å². The van der Waals surface area contributed by atoms with E-state index in [1.54, 1.807) is 0 Å². The number of aryl methyl sites for hydroxylation is 1. The van der Waals surface area contributed by atoms with Crippen LogP contribution in [-0.2, 0) is 12.8 Å². The van der Waals surface area contributed by atoms with Gasteiger partial charge in [0.15, 0.2) is 0 Å². The molecular weight excluding hydrogens is 312 g/mol. The van der Waals surface area contributed by atoms with Crippen LogP contribution in [0, 0.1) is 0 Å². The van der Waals surface area contributed by atoms with E-state index in [-0.39, 0.29) is 0 Å². The average molecular weight is 326 g/mol. The van der Waals surface area contributed by atoms with Gasteiger partial charge in [-0.3, -0.25) is 0 Å². The van der Waals surface area contributed by atoms with E-state index in [2.05, 4.69) is 45.0 Å². The molecule has 1 heterocycles. The minimum absolute atomic E-state index is 0.528. The van der Waals surface area contributed by atoms with Crippen molar-refractivity contribution < 1.29 is 0 Å². The van der Waals surface area contributed by atoms with Crippen molar-refractivity contribution in [3.63, 3.8) is 0 Å². The van der Waals surface area contributed by atoms with Gasteiger partial charge in [-0.15, -0.1) is 0 Å². The van der Waals surface area contributed by atoms with Gasteiger partial charge in [-0.05, 0) is 30.2 Å². The van der Waals surface area contributed by atoms with Crippen LogP contribution in [0.25, 0.3) is 0 Å². The van der Waals surface area contributed by atoms with Crippen LogP contribution in [0.5, 0.6) is 0 Å². The van der Waals surface area contributed by atoms with Gasteiger partial charge in [0.05, 0.1) is 0 Å². The Balaban J connectivity index is 2.20. The monoisotopic (exact) mass is 324 g/mol. The zero-order valence-electron chi connectivity index (χ0n) is 10.2. The molecule has 0 aliphatic rings. The zero-order chi connectivity index (χ0) is 13.0. The minimum Gasteiger partial charge on any atom is -0.237 e. The Bertz CT molecular complexity index is 526. The largest absolute Gasteiger partial charge is 0.237 e. The Morgan fingerprint density at radius 3 is 2.56 bits per heavy atom. The third-order valence-corrected chi connectivity index (χ3v) is 3.30. The Kier molecular flexibility index (Phi) is 4.72. The molecule has 0 atom stereocenters. The predicted molar refractivity (Wildman–Crippen MR) is 78.0 cm³/mol. The molecule has 18 heavy (non-hydrogen) atoms. The highest BCUT2D eigenvalue weighted by Crippen LogP contribution is 2.15. The van der Waals surface area contributed by atoms with Gasteiger partial charge in [-0.1, -0.05) is 53.0 Å². The molecular formula is C14H14BrClN2. The normalized spacial score (nSPS) is 10.6. The molecule has 0 saturated carbocycles. The van der Waals surface area contributed by atoms with E-state index >= 15 is 0 Å². The highest BCUT2D eigenvalue weighted by Gasteiger charge is 2.04. The van der Waals surface area contributed by atoms with Crippen LogP contribution in [-0.4, -0.2) is 9.97 Å². The van der Waals surface area contributed by atoms with Crippen LogP contribution in [0.4, 0.5) is 0 Å². The summed E-state index contributed by atoms with van der Waals surface area (Å²) in [6.07, 6.45) is 2.71. The first-order valence-electron chi connectivity index (χ1n) is 5.94. The van der Waals surface area contributed by atoms with Crippen molar-refractivity contribution in [1.29, 1.82) is 0 Å². The maximum atomic E-state index is 6.02. The van der Waals surface area contributed by atoms with Crippen LogP contribution >= 0.6 is 27.5 Å². The fraction of sp³-hybridized carbons (Fsp3) is 0.286. The quantitative estimate of drug-likeness (QED) is 0.777. The number of halogens is 2. The lowest BCUT2D eigenvalue weighted by Gasteiger charge is -2.05. The lowest BCUT2D eigenvalue weighted by molar-refractivity contribution is 0.841. The molecule has 1 aromatic carbocycles. The van der Waals surface area contributed by atoms with Gasteiger partial charge in [-0.2, -0.15) is 0 Å². The van der Waals surface area contributed by atoms with Gasteiger partial charge in [0.1, 0.15) is 11.0 Å². The highest BCUT2D eigenvalue weighted by atomic mass is 79.9. The average Bonchev–Trinajstić information content (AvgIpc) is 2.32. The van der Waals surface area contributed by atoms with Crippen molar-refractivity contribution in [2.24, 2.45) is 0 Å². The summed E-state index contributed by atoms with van der Waals surface area (Å²) in [5.74, 6) is 0.785. The molecule has 0 spiro atoms. The first-order chi connectivity index (χ1) is 8.67. The number of hydrogen-bond donors (Lipinski definition) is 0. The van der Waals surface area contributed by atoms with E-state index in [0.717, 1.165) is 28.8 Å². The summed E-state index contributed by atoms with van der Waals surface area (Å²) in [7, 11) is 0. The molecule has 94 valence electrons. The van der Waals surface area contributed by atoms with Crippen LogP contribution in [0.1, 0.15) is 30.4 Å². The summed E-state index contributed by atoms with van der Waals surface area (Å²) in [6.45, 7) is 2.13. The van der Waals surface area contributed by atoms with Crippen LogP contribution in [0.15, 0.2) is 34.8 Å². The smallest absolute Gasteiger partial charge is 0.134 e. The standard InChI is InChI=1S/C14H14BrClN2/c1-2-3-12-9-13(16)18-14(17-12)8-10-4-6-11(15)7-5-10/h4-7,9H,2-3,8H2,1H3.